The van der Waals surface area contributed by atoms with Crippen LogP contribution in [0, 0.1) is 12.8 Å². The van der Waals surface area contributed by atoms with Crippen LogP contribution in [-0.4, -0.2) is 72.9 Å². The molecule has 2 aromatic heterocycles. The van der Waals surface area contributed by atoms with Crippen LogP contribution in [0.25, 0.3) is 11.4 Å². The van der Waals surface area contributed by atoms with E-state index >= 15 is 0 Å². The predicted molar refractivity (Wildman–Crippen MR) is 122 cm³/mol. The number of carbonyl (C=O) groups excluding carboxylic acids is 1. The van der Waals surface area contributed by atoms with Crippen molar-refractivity contribution < 1.29 is 17.7 Å². The average molecular weight is 482 g/mol. The lowest BCUT2D eigenvalue weighted by Crippen LogP contribution is -2.46. The van der Waals surface area contributed by atoms with E-state index in [1.54, 1.807) is 18.4 Å². The zero-order chi connectivity index (χ0) is 22.6. The summed E-state index contributed by atoms with van der Waals surface area (Å²) in [5, 5.41) is 8.60. The molecule has 1 atom stereocenters. The van der Waals surface area contributed by atoms with Gasteiger partial charge in [-0.2, -0.15) is 9.29 Å². The Hall–Kier alpha value is -1.82. The molecule has 0 aliphatic carbocycles. The quantitative estimate of drug-likeness (QED) is 0.647. The first kappa shape index (κ1) is 23.3. The molecule has 2 fully saturated rings. The molecule has 2 saturated heterocycles. The van der Waals surface area contributed by atoms with Crippen molar-refractivity contribution in [1.82, 2.24) is 24.7 Å². The van der Waals surface area contributed by atoms with E-state index in [1.165, 1.54) is 30.0 Å². The second-order valence-electron chi connectivity index (χ2n) is 8.54. The lowest BCUT2D eigenvalue weighted by molar-refractivity contribution is -0.126. The van der Waals surface area contributed by atoms with Crippen LogP contribution in [0.1, 0.15) is 44.4 Å². The van der Waals surface area contributed by atoms with E-state index in [0.29, 0.717) is 43.2 Å². The van der Waals surface area contributed by atoms with E-state index in [2.05, 4.69) is 20.4 Å². The SMILES string of the molecule is Cc1nc(-c2csc(S(=O)(=O)N3CCCC(C(=O)NCCN4CCCCCC4)C3)c2)no1. The number of sulfonamides is 1. The number of likely N-dealkylation sites (tertiary alicyclic amines) is 1. The Morgan fingerprint density at radius 3 is 2.72 bits per heavy atom. The fourth-order valence-electron chi connectivity index (χ4n) is 4.33. The molecule has 0 spiro atoms. The van der Waals surface area contributed by atoms with Crippen LogP contribution in [0.2, 0.25) is 0 Å². The van der Waals surface area contributed by atoms with Crippen molar-refractivity contribution in [2.45, 2.75) is 49.7 Å². The maximum Gasteiger partial charge on any atom is 0.252 e. The van der Waals surface area contributed by atoms with Crippen molar-refractivity contribution in [2.24, 2.45) is 5.92 Å². The third kappa shape index (κ3) is 5.56. The fraction of sp³-hybridized carbons (Fsp3) is 0.667. The van der Waals surface area contributed by atoms with Gasteiger partial charge in [-0.3, -0.25) is 4.79 Å². The molecule has 1 amide bonds. The molecule has 4 rings (SSSR count). The van der Waals surface area contributed by atoms with Gasteiger partial charge < -0.3 is 14.7 Å². The Balaban J connectivity index is 1.33. The lowest BCUT2D eigenvalue weighted by atomic mass is 9.99. The highest BCUT2D eigenvalue weighted by atomic mass is 32.2. The van der Waals surface area contributed by atoms with E-state index in [-0.39, 0.29) is 22.6 Å². The smallest absolute Gasteiger partial charge is 0.252 e. The van der Waals surface area contributed by atoms with Crippen LogP contribution in [-0.2, 0) is 14.8 Å². The number of piperidine rings is 1. The van der Waals surface area contributed by atoms with Gasteiger partial charge in [-0.1, -0.05) is 18.0 Å². The topological polar surface area (TPSA) is 109 Å². The minimum atomic E-state index is -3.67. The molecule has 2 aromatic rings. The highest BCUT2D eigenvalue weighted by Crippen LogP contribution is 2.31. The summed E-state index contributed by atoms with van der Waals surface area (Å²) in [6.07, 6.45) is 6.40. The average Bonchev–Trinajstić information content (AvgIpc) is 3.38. The Bertz CT molecular complexity index is 1010. The molecule has 0 aromatic carbocycles. The lowest BCUT2D eigenvalue weighted by Gasteiger charge is -2.31. The standard InChI is InChI=1S/C21H31N5O4S2/c1-16-23-20(24-30-16)18-13-19(31-15-18)32(28,29)26-11-6-7-17(14-26)21(27)22-8-12-25-9-4-2-3-5-10-25/h13,15,17H,2-12,14H2,1H3,(H,22,27). The molecule has 2 aliphatic rings. The summed E-state index contributed by atoms with van der Waals surface area (Å²) in [4.78, 5) is 19.3. The minimum absolute atomic E-state index is 0.0473. The molecule has 0 saturated carbocycles. The highest BCUT2D eigenvalue weighted by Gasteiger charge is 2.34. The zero-order valence-corrected chi connectivity index (χ0v) is 20.1. The number of nitrogens with one attached hydrogen (secondary N) is 1. The second-order valence-corrected chi connectivity index (χ2v) is 11.6. The Labute approximate surface area is 193 Å². The second kappa shape index (κ2) is 10.4. The Kier molecular flexibility index (Phi) is 7.59. The number of hydrogen-bond acceptors (Lipinski definition) is 8. The van der Waals surface area contributed by atoms with Gasteiger partial charge in [0, 0.05) is 44.0 Å². The van der Waals surface area contributed by atoms with Gasteiger partial charge in [0.05, 0.1) is 5.92 Å². The van der Waals surface area contributed by atoms with Gasteiger partial charge in [-0.05, 0) is 44.8 Å². The third-order valence-electron chi connectivity index (χ3n) is 6.14. The molecule has 0 radical (unpaired) electrons. The van der Waals surface area contributed by atoms with Crippen LogP contribution >= 0.6 is 11.3 Å². The van der Waals surface area contributed by atoms with Crippen molar-refractivity contribution in [3.63, 3.8) is 0 Å². The molecule has 1 N–H and O–H groups in total. The minimum Gasteiger partial charge on any atom is -0.355 e. The molecular formula is C21H31N5O4S2. The number of aromatic nitrogens is 2. The first-order valence-corrected chi connectivity index (χ1v) is 13.6. The van der Waals surface area contributed by atoms with Crippen LogP contribution in [0.15, 0.2) is 20.2 Å². The number of hydrogen-bond donors (Lipinski definition) is 1. The van der Waals surface area contributed by atoms with Gasteiger partial charge in [0.1, 0.15) is 4.21 Å². The summed E-state index contributed by atoms with van der Waals surface area (Å²) in [7, 11) is -3.67. The van der Waals surface area contributed by atoms with Gasteiger partial charge >= 0.3 is 0 Å². The maximum atomic E-state index is 13.2. The van der Waals surface area contributed by atoms with Gasteiger partial charge in [-0.25, -0.2) is 8.42 Å². The number of carbonyl (C=O) groups is 1. The summed E-state index contributed by atoms with van der Waals surface area (Å²) in [6, 6.07) is 1.58. The largest absolute Gasteiger partial charge is 0.355 e. The van der Waals surface area contributed by atoms with Gasteiger partial charge in [-0.15, -0.1) is 11.3 Å². The molecule has 4 heterocycles. The number of rotatable bonds is 7. The van der Waals surface area contributed by atoms with Crippen LogP contribution in [0.4, 0.5) is 0 Å². The van der Waals surface area contributed by atoms with Crippen molar-refractivity contribution in [3.8, 4) is 11.4 Å². The first-order chi connectivity index (χ1) is 15.4. The molecule has 11 heteroatoms. The van der Waals surface area contributed by atoms with Gasteiger partial charge in [0.2, 0.25) is 17.6 Å². The number of aryl methyl sites for hydroxylation is 1. The molecule has 2 aliphatic heterocycles. The summed E-state index contributed by atoms with van der Waals surface area (Å²) >= 11 is 1.14. The highest BCUT2D eigenvalue weighted by molar-refractivity contribution is 7.91. The van der Waals surface area contributed by atoms with Crippen molar-refractivity contribution in [2.75, 3.05) is 39.3 Å². The van der Waals surface area contributed by atoms with Gasteiger partial charge in [0.25, 0.3) is 10.0 Å². The van der Waals surface area contributed by atoms with Crippen LogP contribution in [0.5, 0.6) is 0 Å². The van der Waals surface area contributed by atoms with E-state index < -0.39 is 10.0 Å². The van der Waals surface area contributed by atoms with Crippen molar-refractivity contribution >= 4 is 27.3 Å². The monoisotopic (exact) mass is 481 g/mol. The number of thiophene rings is 1. The number of amides is 1. The molecule has 32 heavy (non-hydrogen) atoms. The fourth-order valence-corrected chi connectivity index (χ4v) is 7.16. The van der Waals surface area contributed by atoms with Crippen LogP contribution < -0.4 is 5.32 Å². The summed E-state index contributed by atoms with van der Waals surface area (Å²) < 4.78 is 33.0. The van der Waals surface area contributed by atoms with E-state index in [9.17, 15) is 13.2 Å². The van der Waals surface area contributed by atoms with Gasteiger partial charge in [0.15, 0.2) is 0 Å². The molecule has 0 bridgehead atoms. The van der Waals surface area contributed by atoms with Crippen molar-refractivity contribution in [1.29, 1.82) is 0 Å². The summed E-state index contributed by atoms with van der Waals surface area (Å²) in [6.45, 7) is 5.98. The maximum absolute atomic E-state index is 13.2. The predicted octanol–water partition coefficient (Wildman–Crippen LogP) is 2.50. The first-order valence-electron chi connectivity index (χ1n) is 11.3. The van der Waals surface area contributed by atoms with Crippen LogP contribution in [0.3, 0.4) is 0 Å². The van der Waals surface area contributed by atoms with E-state index in [0.717, 1.165) is 31.0 Å². The Morgan fingerprint density at radius 2 is 2.00 bits per heavy atom. The normalized spacial score (nSPS) is 21.3. The molecule has 176 valence electrons. The summed E-state index contributed by atoms with van der Waals surface area (Å²) in [5.74, 6) is 0.438. The molecular weight excluding hydrogens is 450 g/mol. The zero-order valence-electron chi connectivity index (χ0n) is 18.5. The molecule has 1 unspecified atom stereocenters. The Morgan fingerprint density at radius 1 is 1.22 bits per heavy atom. The van der Waals surface area contributed by atoms with E-state index in [1.807, 2.05) is 0 Å². The van der Waals surface area contributed by atoms with Crippen molar-refractivity contribution in [3.05, 3.63) is 17.3 Å². The number of nitrogens with zero attached hydrogens (tertiary/aromatic N) is 4. The van der Waals surface area contributed by atoms with E-state index in [4.69, 9.17) is 4.52 Å². The summed E-state index contributed by atoms with van der Waals surface area (Å²) in [5.41, 5.74) is 0.616. The third-order valence-corrected chi connectivity index (χ3v) is 9.42. The molecule has 9 nitrogen and oxygen atoms in total.